The third-order valence-corrected chi connectivity index (χ3v) is 3.05. The smallest absolute Gasteiger partial charge is 0.101 e. The van der Waals surface area contributed by atoms with Gasteiger partial charge in [0.1, 0.15) is 6.07 Å². The van der Waals surface area contributed by atoms with E-state index in [0.29, 0.717) is 11.8 Å². The molecule has 0 spiro atoms. The molecule has 86 valence electrons. The lowest BCUT2D eigenvalue weighted by atomic mass is 9.98. The Labute approximate surface area is 98.3 Å². The van der Waals surface area contributed by atoms with E-state index in [0.717, 1.165) is 23.4 Å². The fourth-order valence-corrected chi connectivity index (χ4v) is 1.41. The van der Waals surface area contributed by atoms with Crippen LogP contribution in [0.3, 0.4) is 0 Å². The topological polar surface area (TPSA) is 35.8 Å². The second kappa shape index (κ2) is 5.55. The van der Waals surface area contributed by atoms with Crippen molar-refractivity contribution in [3.63, 3.8) is 0 Å². The van der Waals surface area contributed by atoms with E-state index >= 15 is 0 Å². The van der Waals surface area contributed by atoms with Crippen molar-refractivity contribution < 1.29 is 0 Å². The standard InChI is InChI=1S/C14H20N2/c1-10(2)12(4)9-16-14-6-5-11(3)7-13(14)8-15/h5-7,10,12,16H,9H2,1-4H3. The summed E-state index contributed by atoms with van der Waals surface area (Å²) in [6, 6.07) is 8.16. The maximum absolute atomic E-state index is 9.03. The van der Waals surface area contributed by atoms with Crippen molar-refractivity contribution in [2.45, 2.75) is 27.7 Å². The molecule has 1 rings (SSSR count). The Morgan fingerprint density at radius 2 is 2.00 bits per heavy atom. The first-order chi connectivity index (χ1) is 7.54. The predicted octanol–water partition coefficient (Wildman–Crippen LogP) is 3.57. The van der Waals surface area contributed by atoms with Crippen LogP contribution in [0, 0.1) is 30.1 Å². The Kier molecular flexibility index (Phi) is 4.37. The third-order valence-electron chi connectivity index (χ3n) is 3.05. The number of hydrogen-bond acceptors (Lipinski definition) is 2. The first-order valence-corrected chi connectivity index (χ1v) is 5.79. The van der Waals surface area contributed by atoms with Crippen molar-refractivity contribution in [3.05, 3.63) is 29.3 Å². The monoisotopic (exact) mass is 216 g/mol. The minimum atomic E-state index is 0.604. The lowest BCUT2D eigenvalue weighted by Crippen LogP contribution is -2.16. The number of benzene rings is 1. The van der Waals surface area contributed by atoms with E-state index in [1.54, 1.807) is 0 Å². The molecule has 0 aliphatic rings. The van der Waals surface area contributed by atoms with Gasteiger partial charge in [-0.2, -0.15) is 5.26 Å². The van der Waals surface area contributed by atoms with Gasteiger partial charge in [0.15, 0.2) is 0 Å². The summed E-state index contributed by atoms with van der Waals surface area (Å²) in [5.41, 5.74) is 2.80. The molecule has 0 heterocycles. The van der Waals surface area contributed by atoms with Crippen molar-refractivity contribution in [1.29, 1.82) is 5.26 Å². The minimum Gasteiger partial charge on any atom is -0.384 e. The van der Waals surface area contributed by atoms with E-state index < -0.39 is 0 Å². The van der Waals surface area contributed by atoms with Crippen molar-refractivity contribution in [2.24, 2.45) is 11.8 Å². The number of aryl methyl sites for hydroxylation is 1. The molecule has 16 heavy (non-hydrogen) atoms. The molecule has 0 aliphatic heterocycles. The van der Waals surface area contributed by atoms with Crippen LogP contribution in [0.1, 0.15) is 31.9 Å². The van der Waals surface area contributed by atoms with Gasteiger partial charge in [-0.25, -0.2) is 0 Å². The molecule has 0 amide bonds. The van der Waals surface area contributed by atoms with Crippen LogP contribution in [0.2, 0.25) is 0 Å². The summed E-state index contributed by atoms with van der Waals surface area (Å²) in [6.07, 6.45) is 0. The van der Waals surface area contributed by atoms with E-state index in [4.69, 9.17) is 5.26 Å². The molecule has 0 radical (unpaired) electrons. The largest absolute Gasteiger partial charge is 0.384 e. The maximum atomic E-state index is 9.03. The minimum absolute atomic E-state index is 0.604. The fraction of sp³-hybridized carbons (Fsp3) is 0.500. The van der Waals surface area contributed by atoms with Crippen molar-refractivity contribution in [3.8, 4) is 6.07 Å². The Bertz CT molecular complexity index is 388. The van der Waals surface area contributed by atoms with Gasteiger partial charge in [0.2, 0.25) is 0 Å². The Hall–Kier alpha value is -1.49. The average molecular weight is 216 g/mol. The summed E-state index contributed by atoms with van der Waals surface area (Å²) in [7, 11) is 0. The molecule has 0 bridgehead atoms. The van der Waals surface area contributed by atoms with E-state index in [2.05, 4.69) is 32.2 Å². The highest BCUT2D eigenvalue weighted by Crippen LogP contribution is 2.18. The summed E-state index contributed by atoms with van der Waals surface area (Å²) >= 11 is 0. The maximum Gasteiger partial charge on any atom is 0.101 e. The van der Waals surface area contributed by atoms with E-state index in [1.165, 1.54) is 0 Å². The van der Waals surface area contributed by atoms with Crippen LogP contribution in [0.25, 0.3) is 0 Å². The van der Waals surface area contributed by atoms with Crippen molar-refractivity contribution >= 4 is 5.69 Å². The Morgan fingerprint density at radius 3 is 2.56 bits per heavy atom. The molecule has 2 heteroatoms. The van der Waals surface area contributed by atoms with Gasteiger partial charge in [-0.15, -0.1) is 0 Å². The molecule has 0 fully saturated rings. The Morgan fingerprint density at radius 1 is 1.31 bits per heavy atom. The normalized spacial score (nSPS) is 12.2. The van der Waals surface area contributed by atoms with Crippen LogP contribution < -0.4 is 5.32 Å². The van der Waals surface area contributed by atoms with Gasteiger partial charge < -0.3 is 5.32 Å². The van der Waals surface area contributed by atoms with Gasteiger partial charge in [-0.05, 0) is 36.5 Å². The number of nitrogens with one attached hydrogen (secondary N) is 1. The molecule has 0 saturated carbocycles. The number of hydrogen-bond donors (Lipinski definition) is 1. The molecule has 0 saturated heterocycles. The van der Waals surface area contributed by atoms with Crippen LogP contribution in [0.5, 0.6) is 0 Å². The number of nitrogens with zero attached hydrogens (tertiary/aromatic N) is 1. The molecule has 0 aliphatic carbocycles. The SMILES string of the molecule is Cc1ccc(NCC(C)C(C)C)c(C#N)c1. The first-order valence-electron chi connectivity index (χ1n) is 5.79. The van der Waals surface area contributed by atoms with Crippen molar-refractivity contribution in [2.75, 3.05) is 11.9 Å². The summed E-state index contributed by atoms with van der Waals surface area (Å²) < 4.78 is 0. The van der Waals surface area contributed by atoms with Crippen LogP contribution in [0.15, 0.2) is 18.2 Å². The zero-order valence-corrected chi connectivity index (χ0v) is 10.5. The molecule has 1 atom stereocenters. The number of nitriles is 1. The van der Waals surface area contributed by atoms with Crippen LogP contribution >= 0.6 is 0 Å². The van der Waals surface area contributed by atoms with Gasteiger partial charge in [0.25, 0.3) is 0 Å². The third kappa shape index (κ3) is 3.27. The Balaban J connectivity index is 2.71. The van der Waals surface area contributed by atoms with Crippen LogP contribution in [0.4, 0.5) is 5.69 Å². The summed E-state index contributed by atoms with van der Waals surface area (Å²) in [5.74, 6) is 1.26. The predicted molar refractivity (Wildman–Crippen MR) is 68.4 cm³/mol. The highest BCUT2D eigenvalue weighted by Gasteiger charge is 2.08. The van der Waals surface area contributed by atoms with Gasteiger partial charge in [-0.1, -0.05) is 26.8 Å². The number of rotatable bonds is 4. The average Bonchev–Trinajstić information content (AvgIpc) is 2.26. The lowest BCUT2D eigenvalue weighted by molar-refractivity contribution is 0.440. The molecule has 1 N–H and O–H groups in total. The highest BCUT2D eigenvalue weighted by atomic mass is 14.9. The van der Waals surface area contributed by atoms with Gasteiger partial charge >= 0.3 is 0 Å². The van der Waals surface area contributed by atoms with Crippen LogP contribution in [-0.2, 0) is 0 Å². The zero-order chi connectivity index (χ0) is 12.1. The van der Waals surface area contributed by atoms with Gasteiger partial charge in [0, 0.05) is 6.54 Å². The number of anilines is 1. The summed E-state index contributed by atoms with van der Waals surface area (Å²) in [5, 5.41) is 12.4. The lowest BCUT2D eigenvalue weighted by Gasteiger charge is -2.17. The summed E-state index contributed by atoms with van der Waals surface area (Å²) in [4.78, 5) is 0. The molecule has 1 aromatic carbocycles. The second-order valence-electron chi connectivity index (χ2n) is 4.76. The first kappa shape index (κ1) is 12.6. The molecule has 0 aromatic heterocycles. The van der Waals surface area contributed by atoms with E-state index in [9.17, 15) is 0 Å². The molecular formula is C14H20N2. The second-order valence-corrected chi connectivity index (χ2v) is 4.76. The quantitative estimate of drug-likeness (QED) is 0.835. The van der Waals surface area contributed by atoms with E-state index in [1.807, 2.05) is 25.1 Å². The van der Waals surface area contributed by atoms with Gasteiger partial charge in [-0.3, -0.25) is 0 Å². The fourth-order valence-electron chi connectivity index (χ4n) is 1.41. The van der Waals surface area contributed by atoms with Gasteiger partial charge in [0.05, 0.1) is 11.3 Å². The van der Waals surface area contributed by atoms with Crippen molar-refractivity contribution in [1.82, 2.24) is 0 Å². The highest BCUT2D eigenvalue weighted by molar-refractivity contribution is 5.58. The van der Waals surface area contributed by atoms with E-state index in [-0.39, 0.29) is 0 Å². The summed E-state index contributed by atoms with van der Waals surface area (Å²) in [6.45, 7) is 9.56. The molecule has 1 unspecified atom stereocenters. The zero-order valence-electron chi connectivity index (χ0n) is 10.5. The molecule has 1 aromatic rings. The molecule has 2 nitrogen and oxygen atoms in total. The molecular weight excluding hydrogens is 196 g/mol. The van der Waals surface area contributed by atoms with Crippen LogP contribution in [-0.4, -0.2) is 6.54 Å².